The molecule has 0 aliphatic carbocycles. The normalized spacial score (nSPS) is 10.8. The van der Waals surface area contributed by atoms with Crippen molar-refractivity contribution in [1.29, 1.82) is 0 Å². The number of nitrogens with zero attached hydrogens (tertiary/aromatic N) is 2. The fourth-order valence-corrected chi connectivity index (χ4v) is 3.53. The number of rotatable bonds is 4. The third-order valence-corrected chi connectivity index (χ3v) is 5.30. The maximum absolute atomic E-state index is 13.6. The van der Waals surface area contributed by atoms with Crippen molar-refractivity contribution in [3.05, 3.63) is 86.4 Å². The number of carbonyl (C=O) groups excluding carboxylic acids is 1. The van der Waals surface area contributed by atoms with Crippen LogP contribution in [0.2, 0.25) is 5.02 Å². The Morgan fingerprint density at radius 1 is 1.15 bits per heavy atom. The van der Waals surface area contributed by atoms with Gasteiger partial charge in [-0.15, -0.1) is 0 Å². The molecular weight excluding hydrogens is 490 g/mol. The van der Waals surface area contributed by atoms with Crippen LogP contribution in [0, 0.1) is 28.7 Å². The lowest BCUT2D eigenvalue weighted by atomic mass is 10.1. The fourth-order valence-electron chi connectivity index (χ4n) is 3.09. The Morgan fingerprint density at radius 2 is 1.88 bits per heavy atom. The monoisotopic (exact) mass is 502 g/mol. The van der Waals surface area contributed by atoms with Crippen molar-refractivity contribution in [2.75, 3.05) is 5.32 Å². The zero-order valence-electron chi connectivity index (χ0n) is 17.2. The van der Waals surface area contributed by atoms with Crippen LogP contribution < -0.4 is 10.6 Å². The van der Waals surface area contributed by atoms with Crippen LogP contribution in [0.3, 0.4) is 0 Å². The number of carbonyl (C=O) groups is 1. The van der Waals surface area contributed by atoms with Crippen molar-refractivity contribution in [2.24, 2.45) is 0 Å². The molecule has 1 amide bonds. The van der Waals surface area contributed by atoms with Crippen LogP contribution >= 0.6 is 23.8 Å². The van der Waals surface area contributed by atoms with Crippen molar-refractivity contribution in [3.8, 4) is 11.5 Å². The summed E-state index contributed by atoms with van der Waals surface area (Å²) in [7, 11) is 0. The number of benzene rings is 3. The van der Waals surface area contributed by atoms with E-state index in [1.54, 1.807) is 25.1 Å². The number of aromatic nitrogens is 1. The lowest BCUT2D eigenvalue weighted by Gasteiger charge is -2.09. The minimum atomic E-state index is -1.09. The quantitative estimate of drug-likeness (QED) is 0.158. The molecule has 4 rings (SSSR count). The van der Waals surface area contributed by atoms with Gasteiger partial charge in [0.05, 0.1) is 15.5 Å². The number of amides is 1. The molecule has 0 saturated carbocycles. The highest BCUT2D eigenvalue weighted by atomic mass is 35.5. The summed E-state index contributed by atoms with van der Waals surface area (Å²) in [6, 6.07) is 10.5. The molecule has 0 aliphatic rings. The van der Waals surface area contributed by atoms with Gasteiger partial charge in [-0.3, -0.25) is 20.2 Å². The molecule has 34 heavy (non-hydrogen) atoms. The summed E-state index contributed by atoms with van der Waals surface area (Å²) in [4.78, 5) is 27.2. The molecule has 1 heterocycles. The maximum atomic E-state index is 13.6. The Kier molecular flexibility index (Phi) is 6.22. The molecule has 3 aromatic carbocycles. The van der Waals surface area contributed by atoms with Gasteiger partial charge in [-0.1, -0.05) is 17.7 Å². The summed E-state index contributed by atoms with van der Waals surface area (Å²) in [5, 5.41) is 16.2. The van der Waals surface area contributed by atoms with E-state index in [4.69, 9.17) is 28.2 Å². The van der Waals surface area contributed by atoms with Crippen molar-refractivity contribution < 1.29 is 22.9 Å². The molecule has 12 heteroatoms. The lowest BCUT2D eigenvalue weighted by molar-refractivity contribution is -0.385. The molecule has 0 aliphatic heterocycles. The van der Waals surface area contributed by atoms with Crippen LogP contribution in [0.5, 0.6) is 0 Å². The minimum Gasteiger partial charge on any atom is -0.436 e. The lowest BCUT2D eigenvalue weighted by Crippen LogP contribution is -2.34. The summed E-state index contributed by atoms with van der Waals surface area (Å²) < 4.78 is 32.5. The van der Waals surface area contributed by atoms with Gasteiger partial charge >= 0.3 is 0 Å². The number of aryl methyl sites for hydroxylation is 1. The second-order valence-electron chi connectivity index (χ2n) is 7.11. The Labute approximate surface area is 200 Å². The molecule has 172 valence electrons. The predicted molar refractivity (Wildman–Crippen MR) is 126 cm³/mol. The smallest absolute Gasteiger partial charge is 0.273 e. The number of hydrogen-bond donors (Lipinski definition) is 2. The largest absolute Gasteiger partial charge is 0.436 e. The van der Waals surface area contributed by atoms with Gasteiger partial charge in [0.25, 0.3) is 11.6 Å². The predicted octanol–water partition coefficient (Wildman–Crippen LogP) is 5.77. The highest BCUT2D eigenvalue weighted by molar-refractivity contribution is 7.80. The summed E-state index contributed by atoms with van der Waals surface area (Å²) in [6.07, 6.45) is 0. The maximum Gasteiger partial charge on any atom is 0.273 e. The van der Waals surface area contributed by atoms with Gasteiger partial charge in [0, 0.05) is 22.9 Å². The molecule has 0 saturated heterocycles. The minimum absolute atomic E-state index is 0.00658. The van der Waals surface area contributed by atoms with Crippen LogP contribution in [-0.4, -0.2) is 20.9 Å². The second kappa shape index (κ2) is 9.12. The molecule has 0 atom stereocenters. The zero-order chi connectivity index (χ0) is 24.6. The number of oxazole rings is 1. The summed E-state index contributed by atoms with van der Waals surface area (Å²) in [5.74, 6) is -2.82. The Bertz CT molecular complexity index is 1490. The van der Waals surface area contributed by atoms with Crippen molar-refractivity contribution in [3.63, 3.8) is 0 Å². The van der Waals surface area contributed by atoms with E-state index in [2.05, 4.69) is 15.6 Å². The average molecular weight is 503 g/mol. The first-order valence-electron chi connectivity index (χ1n) is 9.55. The molecular formula is C22H13ClF2N4O4S. The van der Waals surface area contributed by atoms with E-state index in [9.17, 15) is 23.7 Å². The van der Waals surface area contributed by atoms with Gasteiger partial charge in [0.2, 0.25) is 5.89 Å². The highest BCUT2D eigenvalue weighted by Crippen LogP contribution is 2.32. The molecule has 0 bridgehead atoms. The molecule has 0 unspecified atom stereocenters. The molecule has 4 aromatic rings. The van der Waals surface area contributed by atoms with Crippen LogP contribution in [0.25, 0.3) is 22.6 Å². The number of halogens is 3. The van der Waals surface area contributed by atoms with Crippen molar-refractivity contribution in [1.82, 2.24) is 10.3 Å². The van der Waals surface area contributed by atoms with Gasteiger partial charge in [-0.2, -0.15) is 0 Å². The van der Waals surface area contributed by atoms with Gasteiger partial charge < -0.3 is 9.73 Å². The van der Waals surface area contributed by atoms with E-state index in [1.807, 2.05) is 0 Å². The van der Waals surface area contributed by atoms with Crippen LogP contribution in [0.1, 0.15) is 15.9 Å². The van der Waals surface area contributed by atoms with Crippen molar-refractivity contribution >= 4 is 57.3 Å². The Balaban J connectivity index is 1.51. The van der Waals surface area contributed by atoms with E-state index in [0.29, 0.717) is 22.4 Å². The molecule has 1 aromatic heterocycles. The van der Waals surface area contributed by atoms with Crippen LogP contribution in [0.15, 0.2) is 52.9 Å². The number of nitro groups is 1. The number of nitrogens with one attached hydrogen (secondary N) is 2. The average Bonchev–Trinajstić information content (AvgIpc) is 3.19. The topological polar surface area (TPSA) is 110 Å². The Hall–Kier alpha value is -3.96. The number of thiocarbonyl (C=S) groups is 1. The van der Waals surface area contributed by atoms with Crippen molar-refractivity contribution in [2.45, 2.75) is 6.92 Å². The molecule has 0 fully saturated rings. The van der Waals surface area contributed by atoms with Gasteiger partial charge in [-0.25, -0.2) is 13.8 Å². The van der Waals surface area contributed by atoms with Gasteiger partial charge in [0.1, 0.15) is 5.52 Å². The van der Waals surface area contributed by atoms with Crippen LogP contribution in [0.4, 0.5) is 20.2 Å². The first kappa shape index (κ1) is 23.2. The molecule has 0 spiro atoms. The number of anilines is 1. The zero-order valence-corrected chi connectivity index (χ0v) is 18.8. The summed E-state index contributed by atoms with van der Waals surface area (Å²) >= 11 is 11.1. The third-order valence-electron chi connectivity index (χ3n) is 4.78. The molecule has 0 radical (unpaired) electrons. The van der Waals surface area contributed by atoms with E-state index in [0.717, 1.165) is 12.1 Å². The van der Waals surface area contributed by atoms with Gasteiger partial charge in [-0.05, 0) is 55.5 Å². The third kappa shape index (κ3) is 4.70. The first-order valence-corrected chi connectivity index (χ1v) is 10.3. The van der Waals surface area contributed by atoms with E-state index < -0.39 is 22.5 Å². The number of fused-ring (bicyclic) bond motifs is 1. The SMILES string of the molecule is Cc1ccc(C(=O)NC(=S)Nc2ccc3oc(-c4cc(F)c(F)cc4Cl)nc3c2)cc1[N+](=O)[O-]. The van der Waals surface area contributed by atoms with E-state index in [1.165, 1.54) is 18.2 Å². The van der Waals surface area contributed by atoms with Gasteiger partial charge in [0.15, 0.2) is 22.3 Å². The molecule has 2 N–H and O–H groups in total. The molecule has 8 nitrogen and oxygen atoms in total. The summed E-state index contributed by atoms with van der Waals surface area (Å²) in [6.45, 7) is 1.57. The number of hydrogen-bond acceptors (Lipinski definition) is 6. The fraction of sp³-hybridized carbons (Fsp3) is 0.0455. The van der Waals surface area contributed by atoms with E-state index >= 15 is 0 Å². The number of nitro benzene ring substituents is 1. The Morgan fingerprint density at radius 3 is 2.62 bits per heavy atom. The second-order valence-corrected chi connectivity index (χ2v) is 7.93. The van der Waals surface area contributed by atoms with Crippen LogP contribution in [-0.2, 0) is 0 Å². The van der Waals surface area contributed by atoms with E-state index in [-0.39, 0.29) is 32.8 Å². The highest BCUT2D eigenvalue weighted by Gasteiger charge is 2.17. The first-order chi connectivity index (χ1) is 16.1. The standard InChI is InChI=1S/C22H13ClF2N4O4S/c1-10-2-3-11(6-18(10)29(31)32)20(30)28-22(34)26-12-4-5-19-17(7-12)27-21(33-19)13-8-15(24)16(25)9-14(13)23/h2-9H,1H3,(H2,26,28,30,34). The summed E-state index contributed by atoms with van der Waals surface area (Å²) in [5.41, 5.74) is 1.56.